The largest absolute Gasteiger partial charge is 0.364 e. The van der Waals surface area contributed by atoms with Crippen molar-refractivity contribution in [3.8, 4) is 22.3 Å². The van der Waals surface area contributed by atoms with Crippen molar-refractivity contribution in [1.82, 2.24) is 4.57 Å². The number of amides is 1. The molecule has 0 fully saturated rings. The molecule has 0 aliphatic rings. The fraction of sp³-hybridized carbons (Fsp3) is 0.182. The van der Waals surface area contributed by atoms with Crippen molar-refractivity contribution < 1.29 is 13.2 Å². The summed E-state index contributed by atoms with van der Waals surface area (Å²) in [5, 5.41) is -0.565. The SMILES string of the molecule is [C-]#[N+]c1cn(C)c(C(N)=O)c1-c1ccc(-c2ccccc2NS(=O)(=O)C(C)C)cc1. The van der Waals surface area contributed by atoms with E-state index in [9.17, 15) is 13.2 Å². The Morgan fingerprint density at radius 1 is 1.10 bits per heavy atom. The molecule has 0 aliphatic carbocycles. The highest BCUT2D eigenvalue weighted by Gasteiger charge is 2.21. The Kier molecular flexibility index (Phi) is 5.67. The maximum absolute atomic E-state index is 12.3. The molecule has 8 heteroatoms. The molecule has 3 aromatic rings. The van der Waals surface area contributed by atoms with Gasteiger partial charge in [-0.3, -0.25) is 9.52 Å². The first-order valence-corrected chi connectivity index (χ1v) is 10.8. The van der Waals surface area contributed by atoms with Crippen molar-refractivity contribution >= 4 is 27.3 Å². The van der Waals surface area contributed by atoms with Crippen LogP contribution in [0, 0.1) is 6.57 Å². The van der Waals surface area contributed by atoms with E-state index in [4.69, 9.17) is 12.3 Å². The monoisotopic (exact) mass is 422 g/mol. The first kappa shape index (κ1) is 21.1. The van der Waals surface area contributed by atoms with Gasteiger partial charge in [-0.05, 0) is 31.0 Å². The second-order valence-corrected chi connectivity index (χ2v) is 9.38. The summed E-state index contributed by atoms with van der Waals surface area (Å²) in [6, 6.07) is 14.4. The maximum Gasteiger partial charge on any atom is 0.264 e. The predicted octanol–water partition coefficient (Wildman–Crippen LogP) is 4.16. The number of primary amides is 1. The summed E-state index contributed by atoms with van der Waals surface area (Å²) in [6.07, 6.45) is 1.58. The zero-order valence-electron chi connectivity index (χ0n) is 16.9. The summed E-state index contributed by atoms with van der Waals surface area (Å²) >= 11 is 0. The van der Waals surface area contributed by atoms with Crippen LogP contribution in [0.15, 0.2) is 54.7 Å². The number of rotatable bonds is 6. The summed E-state index contributed by atoms with van der Waals surface area (Å²) in [4.78, 5) is 15.4. The first-order chi connectivity index (χ1) is 14.2. The van der Waals surface area contributed by atoms with Crippen molar-refractivity contribution in [2.45, 2.75) is 19.1 Å². The van der Waals surface area contributed by atoms with E-state index in [0.717, 1.165) is 11.1 Å². The zero-order valence-corrected chi connectivity index (χ0v) is 17.7. The minimum atomic E-state index is -3.49. The number of aryl methyl sites for hydroxylation is 1. The molecule has 0 radical (unpaired) electrons. The van der Waals surface area contributed by atoms with Gasteiger partial charge in [-0.2, -0.15) is 0 Å². The third kappa shape index (κ3) is 3.93. The smallest absolute Gasteiger partial charge is 0.264 e. The number of nitrogens with one attached hydrogen (secondary N) is 1. The van der Waals surface area contributed by atoms with Crippen molar-refractivity contribution in [2.75, 3.05) is 4.72 Å². The third-order valence-corrected chi connectivity index (χ3v) is 6.55. The van der Waals surface area contributed by atoms with Gasteiger partial charge in [0.05, 0.1) is 17.5 Å². The van der Waals surface area contributed by atoms with Crippen LogP contribution in [0.4, 0.5) is 11.4 Å². The quantitative estimate of drug-likeness (QED) is 0.584. The molecule has 1 amide bonds. The van der Waals surface area contributed by atoms with Crippen LogP contribution >= 0.6 is 0 Å². The molecule has 0 saturated carbocycles. The number of carbonyl (C=O) groups is 1. The van der Waals surface area contributed by atoms with E-state index in [1.165, 1.54) is 0 Å². The molecule has 0 spiro atoms. The molecule has 2 aromatic carbocycles. The Balaban J connectivity index is 2.06. The Bertz CT molecular complexity index is 1250. The van der Waals surface area contributed by atoms with Gasteiger partial charge in [-0.15, -0.1) is 0 Å². The van der Waals surface area contributed by atoms with Crippen LogP contribution in [-0.4, -0.2) is 24.1 Å². The Labute approximate surface area is 176 Å². The fourth-order valence-corrected chi connectivity index (χ4v) is 3.91. The lowest BCUT2D eigenvalue weighted by molar-refractivity contribution is 0.0993. The number of hydrogen-bond donors (Lipinski definition) is 2. The number of anilines is 1. The summed E-state index contributed by atoms with van der Waals surface area (Å²) in [6.45, 7) is 10.6. The van der Waals surface area contributed by atoms with Crippen LogP contribution in [0.3, 0.4) is 0 Å². The van der Waals surface area contributed by atoms with E-state index in [2.05, 4.69) is 9.57 Å². The fourth-order valence-electron chi connectivity index (χ4n) is 3.19. The van der Waals surface area contributed by atoms with Gasteiger partial charge in [0.2, 0.25) is 15.7 Å². The van der Waals surface area contributed by atoms with E-state index in [-0.39, 0.29) is 5.69 Å². The minimum Gasteiger partial charge on any atom is -0.364 e. The van der Waals surface area contributed by atoms with Crippen LogP contribution in [0.2, 0.25) is 0 Å². The van der Waals surface area contributed by atoms with Crippen LogP contribution in [0.5, 0.6) is 0 Å². The topological polar surface area (TPSA) is 98.5 Å². The summed E-state index contributed by atoms with van der Waals surface area (Å²) in [7, 11) is -1.82. The van der Waals surface area contributed by atoms with Crippen molar-refractivity contribution in [3.63, 3.8) is 0 Å². The molecule has 7 nitrogen and oxygen atoms in total. The number of carbonyl (C=O) groups excluding carboxylic acids is 1. The van der Waals surface area contributed by atoms with Gasteiger partial charge in [0.1, 0.15) is 5.69 Å². The summed E-state index contributed by atoms with van der Waals surface area (Å²) in [5.41, 5.74) is 9.29. The van der Waals surface area contributed by atoms with Crippen LogP contribution in [0.25, 0.3) is 27.1 Å². The number of sulfonamides is 1. The molecule has 1 aromatic heterocycles. The molecule has 3 N–H and O–H groups in total. The standard InChI is InChI=1S/C22H22N4O3S/c1-14(2)30(28,29)25-18-8-6-5-7-17(18)15-9-11-16(12-10-15)20-19(24-3)13-26(4)21(20)22(23)27/h5-14,25H,1-2,4H3,(H2,23,27). The molecule has 0 atom stereocenters. The van der Waals surface area contributed by atoms with E-state index < -0.39 is 21.2 Å². The molecule has 0 bridgehead atoms. The highest BCUT2D eigenvalue weighted by molar-refractivity contribution is 7.93. The highest BCUT2D eigenvalue weighted by Crippen LogP contribution is 2.37. The lowest BCUT2D eigenvalue weighted by atomic mass is 9.98. The Morgan fingerprint density at radius 3 is 2.27 bits per heavy atom. The number of aromatic nitrogens is 1. The van der Waals surface area contributed by atoms with Gasteiger partial charge < -0.3 is 10.3 Å². The molecular weight excluding hydrogens is 400 g/mol. The van der Waals surface area contributed by atoms with Gasteiger partial charge in [-0.25, -0.2) is 13.3 Å². The van der Waals surface area contributed by atoms with E-state index >= 15 is 0 Å². The van der Waals surface area contributed by atoms with Crippen molar-refractivity contribution in [2.24, 2.45) is 12.8 Å². The lowest BCUT2D eigenvalue weighted by Gasteiger charge is -2.15. The van der Waals surface area contributed by atoms with Gasteiger partial charge in [0.15, 0.2) is 0 Å². The normalized spacial score (nSPS) is 11.3. The summed E-state index contributed by atoms with van der Waals surface area (Å²) in [5.74, 6) is -0.611. The van der Waals surface area contributed by atoms with E-state index in [0.29, 0.717) is 22.5 Å². The number of nitrogens with zero attached hydrogens (tertiary/aromatic N) is 2. The number of hydrogen-bond acceptors (Lipinski definition) is 3. The van der Waals surface area contributed by atoms with Crippen molar-refractivity contribution in [3.05, 3.63) is 71.8 Å². The number of nitrogens with two attached hydrogens (primary N) is 1. The van der Waals surface area contributed by atoms with E-state index in [1.807, 2.05) is 24.3 Å². The molecule has 154 valence electrons. The van der Waals surface area contributed by atoms with Gasteiger partial charge in [-0.1, -0.05) is 42.5 Å². The molecular formula is C22H22N4O3S. The van der Waals surface area contributed by atoms with E-state index in [1.54, 1.807) is 55.9 Å². The molecule has 1 heterocycles. The highest BCUT2D eigenvalue weighted by atomic mass is 32.2. The predicted molar refractivity (Wildman–Crippen MR) is 119 cm³/mol. The average molecular weight is 423 g/mol. The third-order valence-electron chi connectivity index (χ3n) is 4.80. The molecule has 0 saturated heterocycles. The van der Waals surface area contributed by atoms with Gasteiger partial charge in [0.25, 0.3) is 5.91 Å². The number of benzene rings is 2. The first-order valence-electron chi connectivity index (χ1n) is 9.23. The molecule has 0 aliphatic heterocycles. The molecule has 3 rings (SSSR count). The Morgan fingerprint density at radius 2 is 1.70 bits per heavy atom. The lowest BCUT2D eigenvalue weighted by Crippen LogP contribution is -2.22. The Hall–Kier alpha value is -3.57. The van der Waals surface area contributed by atoms with Gasteiger partial charge in [0, 0.05) is 24.4 Å². The van der Waals surface area contributed by atoms with Crippen molar-refractivity contribution in [1.29, 1.82) is 0 Å². The minimum absolute atomic E-state index is 0.263. The second kappa shape index (κ2) is 8.05. The van der Waals surface area contributed by atoms with Crippen LogP contribution in [0.1, 0.15) is 24.3 Å². The van der Waals surface area contributed by atoms with Crippen LogP contribution < -0.4 is 10.5 Å². The number of para-hydroxylation sites is 1. The average Bonchev–Trinajstić information content (AvgIpc) is 3.04. The second-order valence-electron chi connectivity index (χ2n) is 7.14. The molecule has 0 unspecified atom stereocenters. The molecule has 30 heavy (non-hydrogen) atoms. The van der Waals surface area contributed by atoms with Gasteiger partial charge >= 0.3 is 0 Å². The van der Waals surface area contributed by atoms with Crippen LogP contribution in [-0.2, 0) is 17.1 Å². The maximum atomic E-state index is 12.3. The summed E-state index contributed by atoms with van der Waals surface area (Å²) < 4.78 is 28.8. The zero-order chi connectivity index (χ0) is 22.1.